The van der Waals surface area contributed by atoms with Crippen LogP contribution >= 0.6 is 31.9 Å². The molecule has 0 fully saturated rings. The highest BCUT2D eigenvalue weighted by atomic mass is 79.9. The monoisotopic (exact) mass is 318 g/mol. The van der Waals surface area contributed by atoms with E-state index in [1.807, 2.05) is 12.1 Å². The highest BCUT2D eigenvalue weighted by Crippen LogP contribution is 2.35. The molecule has 14 heavy (non-hydrogen) atoms. The van der Waals surface area contributed by atoms with E-state index in [4.69, 9.17) is 0 Å². The predicted octanol–water partition coefficient (Wildman–Crippen LogP) is 2.81. The van der Waals surface area contributed by atoms with E-state index in [-0.39, 0.29) is 5.75 Å². The number of rotatable bonds is 0. The summed E-state index contributed by atoms with van der Waals surface area (Å²) in [6.45, 7) is 0. The van der Waals surface area contributed by atoms with Crippen LogP contribution in [0.25, 0.3) is 6.08 Å². The first kappa shape index (κ1) is 10.2. The van der Waals surface area contributed by atoms with Gasteiger partial charge in [-0.25, -0.2) is 0 Å². The molecule has 0 bridgehead atoms. The summed E-state index contributed by atoms with van der Waals surface area (Å²) < 4.78 is -0.318. The van der Waals surface area contributed by atoms with Crippen LogP contribution in [0.1, 0.15) is 11.1 Å². The summed E-state index contributed by atoms with van der Waals surface area (Å²) in [5, 5.41) is 19.2. The number of alkyl halides is 1. The van der Waals surface area contributed by atoms with Gasteiger partial charge < -0.3 is 10.2 Å². The van der Waals surface area contributed by atoms with E-state index in [0.29, 0.717) is 10.9 Å². The Balaban J connectivity index is 2.52. The number of halogens is 2. The molecule has 1 unspecified atom stereocenters. The molecule has 1 aromatic carbocycles. The average Bonchev–Trinajstić information content (AvgIpc) is 2.07. The molecule has 1 atom stereocenters. The van der Waals surface area contributed by atoms with Crippen molar-refractivity contribution in [2.45, 2.75) is 10.9 Å². The predicted molar refractivity (Wildman–Crippen MR) is 62.4 cm³/mol. The highest BCUT2D eigenvalue weighted by molar-refractivity contribution is 9.10. The number of aliphatic hydroxyl groups is 1. The fraction of sp³-hybridized carbons (Fsp3) is 0.200. The molecule has 0 saturated carbocycles. The summed E-state index contributed by atoms with van der Waals surface area (Å²) in [6, 6.07) is 3.50. The van der Waals surface area contributed by atoms with Crippen LogP contribution in [-0.2, 0) is 6.42 Å². The number of hydrogen-bond acceptors (Lipinski definition) is 2. The molecule has 1 aliphatic rings. The van der Waals surface area contributed by atoms with E-state index in [1.165, 1.54) is 0 Å². The number of fused-ring (bicyclic) bond motifs is 1. The zero-order chi connectivity index (χ0) is 10.3. The standard InChI is InChI=1S/C10H8Br2O2/c11-8-3-6-1-2-10(12,14)5-7(6)4-9(8)13/h1-4,13-14H,5H2. The van der Waals surface area contributed by atoms with Gasteiger partial charge in [0, 0.05) is 6.42 Å². The molecule has 0 heterocycles. The first-order valence-corrected chi connectivity index (χ1v) is 5.68. The smallest absolute Gasteiger partial charge is 0.142 e. The van der Waals surface area contributed by atoms with Crippen LogP contribution in [-0.4, -0.2) is 14.7 Å². The van der Waals surface area contributed by atoms with Crippen molar-refractivity contribution < 1.29 is 10.2 Å². The summed E-state index contributed by atoms with van der Waals surface area (Å²) in [4.78, 5) is 0. The van der Waals surface area contributed by atoms with Gasteiger partial charge in [-0.2, -0.15) is 0 Å². The number of phenols is 1. The second-order valence-corrected chi connectivity index (χ2v) is 5.56. The van der Waals surface area contributed by atoms with Crippen LogP contribution in [0.5, 0.6) is 5.75 Å². The topological polar surface area (TPSA) is 40.5 Å². The second-order valence-electron chi connectivity index (χ2n) is 3.33. The zero-order valence-electron chi connectivity index (χ0n) is 7.17. The van der Waals surface area contributed by atoms with Crippen LogP contribution in [0.15, 0.2) is 22.7 Å². The summed E-state index contributed by atoms with van der Waals surface area (Å²) in [5.41, 5.74) is 1.94. The van der Waals surface area contributed by atoms with Gasteiger partial charge in [0.1, 0.15) is 10.3 Å². The number of benzene rings is 1. The van der Waals surface area contributed by atoms with Crippen molar-refractivity contribution in [2.75, 3.05) is 0 Å². The van der Waals surface area contributed by atoms with E-state index in [1.54, 1.807) is 12.1 Å². The third kappa shape index (κ3) is 1.87. The van der Waals surface area contributed by atoms with Gasteiger partial charge in [0.25, 0.3) is 0 Å². The SMILES string of the molecule is Oc1cc2c(cc1Br)C=CC(O)(Br)C2. The van der Waals surface area contributed by atoms with Gasteiger partial charge in [-0.15, -0.1) is 0 Å². The molecule has 4 heteroatoms. The van der Waals surface area contributed by atoms with Crippen molar-refractivity contribution in [3.63, 3.8) is 0 Å². The van der Waals surface area contributed by atoms with E-state index in [2.05, 4.69) is 31.9 Å². The van der Waals surface area contributed by atoms with Crippen molar-refractivity contribution in [3.05, 3.63) is 33.8 Å². The quantitative estimate of drug-likeness (QED) is 0.722. The van der Waals surface area contributed by atoms with Crippen molar-refractivity contribution in [3.8, 4) is 5.75 Å². The van der Waals surface area contributed by atoms with Gasteiger partial charge in [-0.1, -0.05) is 6.08 Å². The maximum absolute atomic E-state index is 9.72. The first-order valence-electron chi connectivity index (χ1n) is 4.10. The molecule has 0 amide bonds. The van der Waals surface area contributed by atoms with Gasteiger partial charge in [0.15, 0.2) is 0 Å². The van der Waals surface area contributed by atoms with E-state index in [9.17, 15) is 10.2 Å². The lowest BCUT2D eigenvalue weighted by molar-refractivity contribution is 0.195. The Morgan fingerprint density at radius 2 is 2.07 bits per heavy atom. The van der Waals surface area contributed by atoms with Gasteiger partial charge in [0.05, 0.1) is 4.47 Å². The fourth-order valence-corrected chi connectivity index (χ4v) is 2.27. The van der Waals surface area contributed by atoms with Crippen molar-refractivity contribution >= 4 is 37.9 Å². The maximum Gasteiger partial charge on any atom is 0.142 e. The maximum atomic E-state index is 9.72. The third-order valence-electron chi connectivity index (χ3n) is 2.17. The van der Waals surface area contributed by atoms with E-state index < -0.39 is 4.51 Å². The average molecular weight is 320 g/mol. The Morgan fingerprint density at radius 3 is 2.79 bits per heavy atom. The van der Waals surface area contributed by atoms with Gasteiger partial charge >= 0.3 is 0 Å². The minimum atomic E-state index is -0.986. The molecule has 0 saturated heterocycles. The minimum Gasteiger partial charge on any atom is -0.507 e. The zero-order valence-corrected chi connectivity index (χ0v) is 10.3. The second kappa shape index (κ2) is 3.36. The molecule has 0 radical (unpaired) electrons. The Labute approximate surface area is 98.5 Å². The summed E-state index contributed by atoms with van der Waals surface area (Å²) in [6.07, 6.45) is 3.98. The molecule has 0 aromatic heterocycles. The summed E-state index contributed by atoms with van der Waals surface area (Å²) in [7, 11) is 0. The molecule has 1 aliphatic carbocycles. The molecule has 0 spiro atoms. The molecular formula is C10H8Br2O2. The Morgan fingerprint density at radius 1 is 1.36 bits per heavy atom. The Hall–Kier alpha value is -0.320. The lowest BCUT2D eigenvalue weighted by atomic mass is 9.95. The lowest BCUT2D eigenvalue weighted by Gasteiger charge is -2.23. The molecule has 2 rings (SSSR count). The fourth-order valence-electron chi connectivity index (χ4n) is 1.47. The molecular weight excluding hydrogens is 312 g/mol. The first-order chi connectivity index (χ1) is 6.48. The van der Waals surface area contributed by atoms with Crippen LogP contribution in [0, 0.1) is 0 Å². The van der Waals surface area contributed by atoms with E-state index in [0.717, 1.165) is 11.1 Å². The summed E-state index contributed by atoms with van der Waals surface area (Å²) >= 11 is 6.43. The highest BCUT2D eigenvalue weighted by Gasteiger charge is 2.25. The Kier molecular flexibility index (Phi) is 2.45. The van der Waals surface area contributed by atoms with Crippen LogP contribution in [0.4, 0.5) is 0 Å². The van der Waals surface area contributed by atoms with Crippen LogP contribution < -0.4 is 0 Å². The number of phenolic OH excluding ortho intramolecular Hbond substituents is 1. The van der Waals surface area contributed by atoms with Crippen LogP contribution in [0.2, 0.25) is 0 Å². The molecule has 0 aliphatic heterocycles. The molecule has 2 nitrogen and oxygen atoms in total. The molecule has 2 N–H and O–H groups in total. The minimum absolute atomic E-state index is 0.197. The molecule has 1 aromatic rings. The van der Waals surface area contributed by atoms with Crippen molar-refractivity contribution in [2.24, 2.45) is 0 Å². The van der Waals surface area contributed by atoms with Crippen molar-refractivity contribution in [1.82, 2.24) is 0 Å². The van der Waals surface area contributed by atoms with Gasteiger partial charge in [-0.3, -0.25) is 0 Å². The van der Waals surface area contributed by atoms with Crippen LogP contribution in [0.3, 0.4) is 0 Å². The lowest BCUT2D eigenvalue weighted by Crippen LogP contribution is -2.22. The largest absolute Gasteiger partial charge is 0.507 e. The number of hydrogen-bond donors (Lipinski definition) is 2. The van der Waals surface area contributed by atoms with Crippen molar-refractivity contribution in [1.29, 1.82) is 0 Å². The van der Waals surface area contributed by atoms with E-state index >= 15 is 0 Å². The Bertz CT molecular complexity index is 411. The number of aromatic hydroxyl groups is 1. The normalized spacial score (nSPS) is 24.8. The molecule has 74 valence electrons. The third-order valence-corrected chi connectivity index (χ3v) is 3.35. The van der Waals surface area contributed by atoms with Gasteiger partial charge in [0.2, 0.25) is 0 Å². The van der Waals surface area contributed by atoms with Gasteiger partial charge in [-0.05, 0) is 61.2 Å². The summed E-state index contributed by atoms with van der Waals surface area (Å²) in [5.74, 6) is 0.197.